The molecule has 146 valence electrons. The van der Waals surface area contributed by atoms with Gasteiger partial charge < -0.3 is 15.0 Å². The van der Waals surface area contributed by atoms with Crippen molar-refractivity contribution in [2.75, 3.05) is 19.0 Å². The van der Waals surface area contributed by atoms with Gasteiger partial charge >= 0.3 is 5.97 Å². The maximum atomic E-state index is 12.8. The zero-order valence-electron chi connectivity index (χ0n) is 16.0. The Balaban J connectivity index is 1.44. The summed E-state index contributed by atoms with van der Waals surface area (Å²) in [6.07, 6.45) is 0.839. The van der Waals surface area contributed by atoms with Crippen molar-refractivity contribution in [3.05, 3.63) is 83.0 Å². The SMILES string of the molecule is COC(=O)c1cccc(Nc2ccc(C(=O)N3CCc4ccccc4C3)nn2)c1. The number of methoxy groups -OCH3 is 1. The number of hydrogen-bond donors (Lipinski definition) is 1. The predicted molar refractivity (Wildman–Crippen MR) is 108 cm³/mol. The number of aromatic nitrogens is 2. The van der Waals surface area contributed by atoms with Crippen LogP contribution in [-0.2, 0) is 17.7 Å². The third kappa shape index (κ3) is 4.08. The largest absolute Gasteiger partial charge is 0.465 e. The molecule has 0 saturated heterocycles. The molecule has 7 heteroatoms. The molecule has 0 atom stereocenters. The smallest absolute Gasteiger partial charge is 0.337 e. The molecule has 1 aromatic heterocycles. The number of anilines is 2. The number of nitrogens with zero attached hydrogens (tertiary/aromatic N) is 3. The molecule has 1 aliphatic heterocycles. The Morgan fingerprint density at radius 2 is 1.83 bits per heavy atom. The number of hydrogen-bond acceptors (Lipinski definition) is 6. The van der Waals surface area contributed by atoms with Gasteiger partial charge in [0.05, 0.1) is 12.7 Å². The highest BCUT2D eigenvalue weighted by atomic mass is 16.5. The first-order chi connectivity index (χ1) is 14.1. The Bertz CT molecular complexity index is 1050. The molecule has 2 aromatic carbocycles. The number of benzene rings is 2. The highest BCUT2D eigenvalue weighted by Gasteiger charge is 2.22. The van der Waals surface area contributed by atoms with Crippen molar-refractivity contribution >= 4 is 23.4 Å². The Kier molecular flexibility index (Phi) is 5.20. The summed E-state index contributed by atoms with van der Waals surface area (Å²) >= 11 is 0. The summed E-state index contributed by atoms with van der Waals surface area (Å²) in [5.74, 6) is -0.0671. The number of carbonyl (C=O) groups excluding carboxylic acids is 2. The molecule has 0 unspecified atom stereocenters. The zero-order chi connectivity index (χ0) is 20.2. The quantitative estimate of drug-likeness (QED) is 0.691. The number of nitrogens with one attached hydrogen (secondary N) is 1. The van der Waals surface area contributed by atoms with Gasteiger partial charge in [-0.25, -0.2) is 4.79 Å². The van der Waals surface area contributed by atoms with Crippen LogP contribution in [0.4, 0.5) is 11.5 Å². The van der Waals surface area contributed by atoms with Crippen LogP contribution in [0.25, 0.3) is 0 Å². The number of carbonyl (C=O) groups is 2. The Labute approximate surface area is 168 Å². The normalized spacial score (nSPS) is 12.8. The van der Waals surface area contributed by atoms with Crippen LogP contribution in [-0.4, -0.2) is 40.6 Å². The number of rotatable bonds is 4. The molecule has 0 saturated carbocycles. The second-order valence-electron chi connectivity index (χ2n) is 6.75. The van der Waals surface area contributed by atoms with Crippen LogP contribution >= 0.6 is 0 Å². The molecule has 29 heavy (non-hydrogen) atoms. The minimum atomic E-state index is -0.413. The highest BCUT2D eigenvalue weighted by molar-refractivity contribution is 5.92. The molecule has 0 bridgehead atoms. The van der Waals surface area contributed by atoms with Crippen molar-refractivity contribution in [2.24, 2.45) is 0 Å². The minimum absolute atomic E-state index is 0.133. The molecule has 0 aliphatic carbocycles. The van der Waals surface area contributed by atoms with Crippen molar-refractivity contribution in [1.29, 1.82) is 0 Å². The minimum Gasteiger partial charge on any atom is -0.465 e. The van der Waals surface area contributed by atoms with Gasteiger partial charge in [0.1, 0.15) is 0 Å². The average molecular weight is 388 g/mol. The van der Waals surface area contributed by atoms with Crippen molar-refractivity contribution in [1.82, 2.24) is 15.1 Å². The fourth-order valence-corrected chi connectivity index (χ4v) is 3.33. The first-order valence-corrected chi connectivity index (χ1v) is 9.29. The second kappa shape index (κ2) is 8.10. The first kappa shape index (κ1) is 18.6. The van der Waals surface area contributed by atoms with Gasteiger partial charge in [-0.2, -0.15) is 0 Å². The third-order valence-electron chi connectivity index (χ3n) is 4.86. The van der Waals surface area contributed by atoms with Gasteiger partial charge in [0.25, 0.3) is 5.91 Å². The van der Waals surface area contributed by atoms with Gasteiger partial charge in [-0.05, 0) is 47.9 Å². The van der Waals surface area contributed by atoms with Crippen LogP contribution in [0.5, 0.6) is 0 Å². The number of fused-ring (bicyclic) bond motifs is 1. The summed E-state index contributed by atoms with van der Waals surface area (Å²) in [6, 6.07) is 18.4. The van der Waals surface area contributed by atoms with Crippen molar-refractivity contribution in [2.45, 2.75) is 13.0 Å². The molecular weight excluding hydrogens is 368 g/mol. The van der Waals surface area contributed by atoms with E-state index in [1.165, 1.54) is 18.2 Å². The monoisotopic (exact) mass is 388 g/mol. The van der Waals surface area contributed by atoms with Crippen LogP contribution < -0.4 is 5.32 Å². The lowest BCUT2D eigenvalue weighted by Crippen LogP contribution is -2.36. The van der Waals surface area contributed by atoms with E-state index in [2.05, 4.69) is 27.6 Å². The Morgan fingerprint density at radius 3 is 2.59 bits per heavy atom. The van der Waals surface area contributed by atoms with Crippen molar-refractivity contribution in [3.8, 4) is 0 Å². The summed E-state index contributed by atoms with van der Waals surface area (Å²) in [6.45, 7) is 1.24. The van der Waals surface area contributed by atoms with Gasteiger partial charge in [-0.1, -0.05) is 30.3 Å². The topological polar surface area (TPSA) is 84.4 Å². The van der Waals surface area contributed by atoms with E-state index in [1.54, 1.807) is 41.3 Å². The van der Waals surface area contributed by atoms with E-state index < -0.39 is 5.97 Å². The number of ether oxygens (including phenoxy) is 1. The zero-order valence-corrected chi connectivity index (χ0v) is 16.0. The fraction of sp³-hybridized carbons (Fsp3) is 0.182. The summed E-state index contributed by atoms with van der Waals surface area (Å²) in [5.41, 5.74) is 3.87. The van der Waals surface area contributed by atoms with Crippen LogP contribution in [0.15, 0.2) is 60.7 Å². The van der Waals surface area contributed by atoms with Crippen LogP contribution in [0, 0.1) is 0 Å². The molecular formula is C22H20N4O3. The van der Waals surface area contributed by atoms with Gasteiger partial charge in [0, 0.05) is 18.8 Å². The lowest BCUT2D eigenvalue weighted by molar-refractivity contribution is 0.0600. The summed E-state index contributed by atoms with van der Waals surface area (Å²) < 4.78 is 4.73. The molecule has 1 amide bonds. The first-order valence-electron chi connectivity index (χ1n) is 9.29. The van der Waals surface area contributed by atoms with E-state index in [-0.39, 0.29) is 5.91 Å². The molecule has 3 aromatic rings. The van der Waals surface area contributed by atoms with Crippen LogP contribution in [0.3, 0.4) is 0 Å². The molecule has 1 N–H and O–H groups in total. The fourth-order valence-electron chi connectivity index (χ4n) is 3.33. The molecule has 7 nitrogen and oxygen atoms in total. The highest BCUT2D eigenvalue weighted by Crippen LogP contribution is 2.20. The van der Waals surface area contributed by atoms with E-state index in [0.717, 1.165) is 6.42 Å². The Morgan fingerprint density at radius 1 is 1.00 bits per heavy atom. The third-order valence-corrected chi connectivity index (χ3v) is 4.86. The average Bonchev–Trinajstić information content (AvgIpc) is 2.78. The maximum absolute atomic E-state index is 12.8. The van der Waals surface area contributed by atoms with Gasteiger partial charge in [-0.15, -0.1) is 10.2 Å². The van der Waals surface area contributed by atoms with E-state index in [4.69, 9.17) is 4.74 Å². The predicted octanol–water partition coefficient (Wildman–Crippen LogP) is 3.21. The van der Waals surface area contributed by atoms with E-state index in [0.29, 0.717) is 35.9 Å². The lowest BCUT2D eigenvalue weighted by Gasteiger charge is -2.28. The standard InChI is InChI=1S/C22H20N4O3/c1-29-22(28)16-7-4-8-18(13-16)23-20-10-9-19(24-25-20)21(27)26-12-11-15-5-2-3-6-17(15)14-26/h2-10,13H,11-12,14H2,1H3,(H,23,25). The molecule has 4 rings (SSSR count). The van der Waals surface area contributed by atoms with Crippen LogP contribution in [0.2, 0.25) is 0 Å². The maximum Gasteiger partial charge on any atom is 0.337 e. The summed E-state index contributed by atoms with van der Waals surface area (Å²) in [4.78, 5) is 26.2. The molecule has 1 aliphatic rings. The second-order valence-corrected chi connectivity index (χ2v) is 6.75. The number of amides is 1. The van der Waals surface area contributed by atoms with E-state index in [1.807, 2.05) is 12.1 Å². The van der Waals surface area contributed by atoms with Gasteiger partial charge in [0.15, 0.2) is 11.5 Å². The summed E-state index contributed by atoms with van der Waals surface area (Å²) in [5, 5.41) is 11.3. The van der Waals surface area contributed by atoms with Crippen LogP contribution in [0.1, 0.15) is 32.0 Å². The molecule has 0 radical (unpaired) electrons. The molecule has 0 spiro atoms. The molecule has 2 heterocycles. The Hall–Kier alpha value is -3.74. The molecule has 0 fully saturated rings. The van der Waals surface area contributed by atoms with E-state index >= 15 is 0 Å². The lowest BCUT2D eigenvalue weighted by atomic mass is 10.00. The van der Waals surface area contributed by atoms with Gasteiger partial charge in [0.2, 0.25) is 0 Å². The van der Waals surface area contributed by atoms with Crippen molar-refractivity contribution < 1.29 is 14.3 Å². The number of esters is 1. The summed E-state index contributed by atoms with van der Waals surface area (Å²) in [7, 11) is 1.34. The van der Waals surface area contributed by atoms with E-state index in [9.17, 15) is 9.59 Å². The van der Waals surface area contributed by atoms with Gasteiger partial charge in [-0.3, -0.25) is 4.79 Å². The van der Waals surface area contributed by atoms with Crippen molar-refractivity contribution in [3.63, 3.8) is 0 Å².